The molecule has 2 N–H and O–H groups in total. The van der Waals surface area contributed by atoms with Gasteiger partial charge in [0.05, 0.1) is 30.0 Å². The lowest BCUT2D eigenvalue weighted by atomic mass is 10.2. The van der Waals surface area contributed by atoms with Crippen molar-refractivity contribution in [1.29, 1.82) is 0 Å². The van der Waals surface area contributed by atoms with E-state index in [1.54, 1.807) is 17.2 Å². The SMILES string of the molecule is Cc1cc(C)n(CCNC(=O)c2cnc3c(c2)N(CC2CC2)C(=O)CN3)n1. The molecule has 142 valence electrons. The van der Waals surface area contributed by atoms with Crippen molar-refractivity contribution >= 4 is 23.3 Å². The zero-order chi connectivity index (χ0) is 19.0. The fourth-order valence-electron chi connectivity index (χ4n) is 3.35. The number of carbonyl (C=O) groups is 2. The van der Waals surface area contributed by atoms with E-state index in [2.05, 4.69) is 20.7 Å². The van der Waals surface area contributed by atoms with E-state index < -0.39 is 0 Å². The van der Waals surface area contributed by atoms with Crippen LogP contribution >= 0.6 is 0 Å². The van der Waals surface area contributed by atoms with Crippen LogP contribution in [0.3, 0.4) is 0 Å². The number of nitrogens with one attached hydrogen (secondary N) is 2. The molecule has 2 aromatic heterocycles. The lowest BCUT2D eigenvalue weighted by Gasteiger charge is -2.29. The van der Waals surface area contributed by atoms with E-state index in [1.165, 1.54) is 0 Å². The average Bonchev–Trinajstić information content (AvgIpc) is 3.41. The Morgan fingerprint density at radius 2 is 2.15 bits per heavy atom. The molecule has 1 aliphatic carbocycles. The zero-order valence-corrected chi connectivity index (χ0v) is 15.7. The summed E-state index contributed by atoms with van der Waals surface area (Å²) in [6.45, 7) is 5.98. The van der Waals surface area contributed by atoms with Gasteiger partial charge in [0, 0.05) is 25.0 Å². The highest BCUT2D eigenvalue weighted by atomic mass is 16.2. The lowest BCUT2D eigenvalue weighted by molar-refractivity contribution is -0.117. The van der Waals surface area contributed by atoms with E-state index in [1.807, 2.05) is 24.6 Å². The normalized spacial score (nSPS) is 16.1. The topological polar surface area (TPSA) is 92.2 Å². The van der Waals surface area contributed by atoms with Crippen LogP contribution in [0.5, 0.6) is 0 Å². The first-order chi connectivity index (χ1) is 13.0. The molecule has 1 aliphatic heterocycles. The smallest absolute Gasteiger partial charge is 0.252 e. The molecule has 8 nitrogen and oxygen atoms in total. The zero-order valence-electron chi connectivity index (χ0n) is 15.7. The molecule has 8 heteroatoms. The minimum absolute atomic E-state index is 0.0262. The second-order valence-corrected chi connectivity index (χ2v) is 7.30. The van der Waals surface area contributed by atoms with Crippen LogP contribution in [0.25, 0.3) is 0 Å². The Kier molecular flexibility index (Phi) is 4.55. The van der Waals surface area contributed by atoms with E-state index in [-0.39, 0.29) is 18.4 Å². The van der Waals surface area contributed by atoms with Gasteiger partial charge >= 0.3 is 0 Å². The van der Waals surface area contributed by atoms with Crippen LogP contribution in [-0.2, 0) is 11.3 Å². The molecule has 2 amide bonds. The molecule has 0 radical (unpaired) electrons. The van der Waals surface area contributed by atoms with Crippen molar-refractivity contribution in [2.24, 2.45) is 5.92 Å². The first-order valence-corrected chi connectivity index (χ1v) is 9.35. The maximum Gasteiger partial charge on any atom is 0.252 e. The van der Waals surface area contributed by atoms with Gasteiger partial charge in [0.15, 0.2) is 0 Å². The van der Waals surface area contributed by atoms with E-state index in [0.29, 0.717) is 42.6 Å². The number of hydrogen-bond donors (Lipinski definition) is 2. The van der Waals surface area contributed by atoms with E-state index >= 15 is 0 Å². The summed E-state index contributed by atoms with van der Waals surface area (Å²) < 4.78 is 1.88. The van der Waals surface area contributed by atoms with E-state index in [4.69, 9.17) is 0 Å². The van der Waals surface area contributed by atoms with Crippen LogP contribution < -0.4 is 15.5 Å². The maximum absolute atomic E-state index is 12.5. The lowest BCUT2D eigenvalue weighted by Crippen LogP contribution is -2.41. The number of hydrogen-bond acceptors (Lipinski definition) is 5. The predicted octanol–water partition coefficient (Wildman–Crippen LogP) is 1.49. The van der Waals surface area contributed by atoms with Crippen molar-refractivity contribution in [3.05, 3.63) is 35.3 Å². The Labute approximate surface area is 158 Å². The van der Waals surface area contributed by atoms with Gasteiger partial charge in [-0.3, -0.25) is 14.3 Å². The fourth-order valence-corrected chi connectivity index (χ4v) is 3.35. The molecule has 0 spiro atoms. The largest absolute Gasteiger partial charge is 0.359 e. The second-order valence-electron chi connectivity index (χ2n) is 7.30. The highest BCUT2D eigenvalue weighted by molar-refractivity contribution is 6.04. The number of fused-ring (bicyclic) bond motifs is 1. The molecule has 0 bridgehead atoms. The third kappa shape index (κ3) is 3.79. The highest BCUT2D eigenvalue weighted by Gasteiger charge is 2.32. The van der Waals surface area contributed by atoms with Crippen LogP contribution in [0.2, 0.25) is 0 Å². The third-order valence-corrected chi connectivity index (χ3v) is 4.98. The van der Waals surface area contributed by atoms with E-state index in [9.17, 15) is 9.59 Å². The number of amides is 2. The first-order valence-electron chi connectivity index (χ1n) is 9.35. The van der Waals surface area contributed by atoms with Crippen molar-refractivity contribution in [2.75, 3.05) is 29.9 Å². The number of aryl methyl sites for hydroxylation is 2. The molecule has 3 heterocycles. The van der Waals surface area contributed by atoms with Crippen molar-refractivity contribution < 1.29 is 9.59 Å². The van der Waals surface area contributed by atoms with Gasteiger partial charge in [-0.1, -0.05) is 0 Å². The summed E-state index contributed by atoms with van der Waals surface area (Å²) in [4.78, 5) is 30.9. The second kappa shape index (κ2) is 7.02. The van der Waals surface area contributed by atoms with Gasteiger partial charge in [-0.05, 0) is 44.7 Å². The number of anilines is 2. The van der Waals surface area contributed by atoms with Gasteiger partial charge in [-0.15, -0.1) is 0 Å². The van der Waals surface area contributed by atoms with Gasteiger partial charge in [0.25, 0.3) is 5.91 Å². The molecule has 2 aliphatic rings. The number of pyridine rings is 1. The Bertz CT molecular complexity index is 886. The van der Waals surface area contributed by atoms with Gasteiger partial charge in [0.1, 0.15) is 5.82 Å². The molecule has 0 saturated heterocycles. The fraction of sp³-hybridized carbons (Fsp3) is 0.474. The molecule has 0 atom stereocenters. The molecule has 0 unspecified atom stereocenters. The summed E-state index contributed by atoms with van der Waals surface area (Å²) >= 11 is 0. The Hall–Kier alpha value is -2.90. The minimum atomic E-state index is -0.198. The first kappa shape index (κ1) is 17.5. The number of rotatable bonds is 6. The van der Waals surface area contributed by atoms with Crippen LogP contribution in [0, 0.1) is 19.8 Å². The molecule has 2 aromatic rings. The van der Waals surface area contributed by atoms with Gasteiger partial charge in [-0.25, -0.2) is 4.98 Å². The summed E-state index contributed by atoms with van der Waals surface area (Å²) in [6.07, 6.45) is 3.87. The maximum atomic E-state index is 12.5. The summed E-state index contributed by atoms with van der Waals surface area (Å²) in [5.74, 6) is 1.06. The molecular formula is C19H24N6O2. The van der Waals surface area contributed by atoms with Crippen LogP contribution in [0.1, 0.15) is 34.6 Å². The Morgan fingerprint density at radius 3 is 2.85 bits per heavy atom. The molecule has 0 aromatic carbocycles. The van der Waals surface area contributed by atoms with Crippen LogP contribution in [0.15, 0.2) is 18.3 Å². The molecule has 1 saturated carbocycles. The summed E-state index contributed by atoms with van der Waals surface area (Å²) in [7, 11) is 0. The van der Waals surface area contributed by atoms with Crippen LogP contribution in [0.4, 0.5) is 11.5 Å². The number of carbonyl (C=O) groups excluding carboxylic acids is 2. The quantitative estimate of drug-likeness (QED) is 0.806. The Balaban J connectivity index is 1.44. The average molecular weight is 368 g/mol. The third-order valence-electron chi connectivity index (χ3n) is 4.98. The molecule has 4 rings (SSSR count). The summed E-state index contributed by atoms with van der Waals surface area (Å²) in [6, 6.07) is 3.76. The predicted molar refractivity (Wildman–Crippen MR) is 102 cm³/mol. The molecule has 27 heavy (non-hydrogen) atoms. The van der Waals surface area contributed by atoms with Crippen molar-refractivity contribution in [1.82, 2.24) is 20.1 Å². The van der Waals surface area contributed by atoms with Gasteiger partial charge < -0.3 is 15.5 Å². The minimum Gasteiger partial charge on any atom is -0.359 e. The van der Waals surface area contributed by atoms with Crippen LogP contribution in [-0.4, -0.2) is 46.2 Å². The van der Waals surface area contributed by atoms with Crippen molar-refractivity contribution in [3.63, 3.8) is 0 Å². The van der Waals surface area contributed by atoms with Gasteiger partial charge in [0.2, 0.25) is 5.91 Å². The summed E-state index contributed by atoms with van der Waals surface area (Å²) in [5, 5.41) is 10.3. The molecular weight excluding hydrogens is 344 g/mol. The van der Waals surface area contributed by atoms with Gasteiger partial charge in [-0.2, -0.15) is 5.10 Å². The standard InChI is InChI=1S/C19H24N6O2/c1-12-7-13(2)25(23-12)6-5-20-19(27)15-8-16-18(21-9-15)22-10-17(26)24(16)11-14-3-4-14/h7-9,14H,3-6,10-11H2,1-2H3,(H,20,27)(H,21,22). The van der Waals surface area contributed by atoms with E-state index in [0.717, 1.165) is 24.2 Å². The monoisotopic (exact) mass is 368 g/mol. The Morgan fingerprint density at radius 1 is 1.33 bits per heavy atom. The highest BCUT2D eigenvalue weighted by Crippen LogP contribution is 2.35. The number of aromatic nitrogens is 3. The number of nitrogens with zero attached hydrogens (tertiary/aromatic N) is 4. The van der Waals surface area contributed by atoms with Crippen molar-refractivity contribution in [3.8, 4) is 0 Å². The summed E-state index contributed by atoms with van der Waals surface area (Å²) in [5.41, 5.74) is 3.19. The molecule has 1 fully saturated rings. The van der Waals surface area contributed by atoms with Crippen molar-refractivity contribution in [2.45, 2.75) is 33.2 Å².